The second-order valence-electron chi connectivity index (χ2n) is 4.03. The summed E-state index contributed by atoms with van der Waals surface area (Å²) in [4.78, 5) is 23.2. The summed E-state index contributed by atoms with van der Waals surface area (Å²) in [5.74, 6) is -1.48. The Bertz CT molecular complexity index is 456. The van der Waals surface area contributed by atoms with E-state index in [4.69, 9.17) is 5.11 Å². The van der Waals surface area contributed by atoms with Crippen LogP contribution in [-0.2, 0) is 4.79 Å². The Kier molecular flexibility index (Phi) is 4.96. The fourth-order valence-electron chi connectivity index (χ4n) is 1.34. The summed E-state index contributed by atoms with van der Waals surface area (Å²) in [6.45, 7) is 7.25. The molecule has 1 rings (SSSR count). The molecule has 0 saturated carbocycles. The molecule has 1 aromatic heterocycles. The van der Waals surface area contributed by atoms with Gasteiger partial charge in [0.05, 0.1) is 5.69 Å². The molecule has 0 saturated heterocycles. The topological polar surface area (TPSA) is 92.2 Å². The van der Waals surface area contributed by atoms with Crippen LogP contribution in [0.5, 0.6) is 0 Å². The van der Waals surface area contributed by atoms with Gasteiger partial charge in [-0.05, 0) is 23.9 Å². The van der Waals surface area contributed by atoms with Crippen molar-refractivity contribution in [1.82, 2.24) is 14.9 Å². The van der Waals surface area contributed by atoms with Crippen LogP contribution in [0.3, 0.4) is 0 Å². The van der Waals surface area contributed by atoms with Gasteiger partial charge < -0.3 is 10.4 Å². The number of hydrogen-bond donors (Lipinski definition) is 2. The third-order valence-corrected chi connectivity index (χ3v) is 3.01. The van der Waals surface area contributed by atoms with Gasteiger partial charge in [0, 0.05) is 0 Å². The van der Waals surface area contributed by atoms with Crippen molar-refractivity contribution < 1.29 is 14.7 Å². The summed E-state index contributed by atoms with van der Waals surface area (Å²) in [6, 6.07) is -0.975. The average Bonchev–Trinajstić information content (AvgIpc) is 2.77. The number of rotatable bonds is 6. The van der Waals surface area contributed by atoms with Gasteiger partial charge in [0.2, 0.25) is 0 Å². The van der Waals surface area contributed by atoms with E-state index in [9.17, 15) is 9.59 Å². The Labute approximate surface area is 109 Å². The molecule has 0 aromatic carbocycles. The smallest absolute Gasteiger partial charge is 0.326 e. The maximum atomic E-state index is 11.9. The summed E-state index contributed by atoms with van der Waals surface area (Å²) < 4.78 is 3.73. The predicted octanol–water partition coefficient (Wildman–Crippen LogP) is 1.42. The molecular weight excluding hydrogens is 254 g/mol. The Hall–Kier alpha value is -1.76. The SMILES string of the molecule is C=CCC(NC(=O)c1snnc1C(C)C)C(=O)O. The number of aliphatic carboxylic acids is 1. The van der Waals surface area contributed by atoms with E-state index in [1.165, 1.54) is 6.08 Å². The molecule has 1 aromatic rings. The Morgan fingerprint density at radius 3 is 2.72 bits per heavy atom. The molecule has 1 heterocycles. The first-order valence-corrected chi connectivity index (χ1v) is 6.21. The molecule has 0 aliphatic heterocycles. The standard InChI is InChI=1S/C11H15N3O3S/c1-4-5-7(11(16)17)12-10(15)9-8(6(2)3)13-14-18-9/h4,6-7H,1,5H2,2-3H3,(H,12,15)(H,16,17). The average molecular weight is 269 g/mol. The molecule has 0 aliphatic rings. The van der Waals surface area contributed by atoms with Crippen LogP contribution in [0.25, 0.3) is 0 Å². The molecule has 98 valence electrons. The maximum Gasteiger partial charge on any atom is 0.326 e. The van der Waals surface area contributed by atoms with Crippen LogP contribution in [-0.4, -0.2) is 32.6 Å². The van der Waals surface area contributed by atoms with Crippen molar-refractivity contribution in [1.29, 1.82) is 0 Å². The molecule has 1 unspecified atom stereocenters. The van der Waals surface area contributed by atoms with Crippen molar-refractivity contribution in [2.45, 2.75) is 32.2 Å². The molecule has 7 heteroatoms. The fraction of sp³-hybridized carbons (Fsp3) is 0.455. The van der Waals surface area contributed by atoms with E-state index in [2.05, 4.69) is 21.5 Å². The Morgan fingerprint density at radius 2 is 2.22 bits per heavy atom. The largest absolute Gasteiger partial charge is 0.480 e. The van der Waals surface area contributed by atoms with Gasteiger partial charge in [-0.2, -0.15) is 0 Å². The molecule has 0 bridgehead atoms. The van der Waals surface area contributed by atoms with Gasteiger partial charge in [0.1, 0.15) is 10.9 Å². The van der Waals surface area contributed by atoms with E-state index in [0.717, 1.165) is 11.5 Å². The second kappa shape index (κ2) is 6.25. The van der Waals surface area contributed by atoms with Crippen LogP contribution < -0.4 is 5.32 Å². The first-order chi connectivity index (χ1) is 8.47. The van der Waals surface area contributed by atoms with Crippen LogP contribution in [0.2, 0.25) is 0 Å². The fourth-order valence-corrected chi connectivity index (χ4v) is 2.07. The van der Waals surface area contributed by atoms with Crippen molar-refractivity contribution in [3.8, 4) is 0 Å². The Balaban J connectivity index is 2.83. The summed E-state index contributed by atoms with van der Waals surface area (Å²) in [7, 11) is 0. The molecule has 0 aliphatic carbocycles. The summed E-state index contributed by atoms with van der Waals surface area (Å²) in [5, 5.41) is 15.2. The number of carbonyl (C=O) groups excluding carboxylic acids is 1. The Morgan fingerprint density at radius 1 is 1.56 bits per heavy atom. The lowest BCUT2D eigenvalue weighted by molar-refractivity contribution is -0.139. The van der Waals surface area contributed by atoms with Crippen molar-refractivity contribution in [3.05, 3.63) is 23.2 Å². The highest BCUT2D eigenvalue weighted by Crippen LogP contribution is 2.19. The normalized spacial score (nSPS) is 12.2. The van der Waals surface area contributed by atoms with Gasteiger partial charge in [-0.15, -0.1) is 11.7 Å². The van der Waals surface area contributed by atoms with E-state index < -0.39 is 17.9 Å². The minimum absolute atomic E-state index is 0.0622. The molecule has 1 amide bonds. The molecule has 0 radical (unpaired) electrons. The van der Waals surface area contributed by atoms with Gasteiger partial charge in [-0.1, -0.05) is 24.4 Å². The second-order valence-corrected chi connectivity index (χ2v) is 4.78. The van der Waals surface area contributed by atoms with Crippen molar-refractivity contribution in [3.63, 3.8) is 0 Å². The highest BCUT2D eigenvalue weighted by molar-refractivity contribution is 7.08. The van der Waals surface area contributed by atoms with Crippen molar-refractivity contribution in [2.24, 2.45) is 0 Å². The van der Waals surface area contributed by atoms with Crippen molar-refractivity contribution >= 4 is 23.4 Å². The third-order valence-electron chi connectivity index (χ3n) is 2.27. The third kappa shape index (κ3) is 3.36. The number of carboxylic acid groups (broad SMARTS) is 1. The molecule has 6 nitrogen and oxygen atoms in total. The monoisotopic (exact) mass is 269 g/mol. The highest BCUT2D eigenvalue weighted by Gasteiger charge is 2.23. The summed E-state index contributed by atoms with van der Waals surface area (Å²) >= 11 is 0.966. The van der Waals surface area contributed by atoms with E-state index in [1.54, 1.807) is 0 Å². The van der Waals surface area contributed by atoms with Gasteiger partial charge >= 0.3 is 5.97 Å². The van der Waals surface area contributed by atoms with Crippen LogP contribution in [0.1, 0.15) is 41.6 Å². The van der Waals surface area contributed by atoms with Crippen LogP contribution in [0.15, 0.2) is 12.7 Å². The van der Waals surface area contributed by atoms with E-state index in [-0.39, 0.29) is 12.3 Å². The number of hydrogen-bond acceptors (Lipinski definition) is 5. The number of nitrogens with zero attached hydrogens (tertiary/aromatic N) is 2. The summed E-state index contributed by atoms with van der Waals surface area (Å²) in [5.41, 5.74) is 0.584. The van der Waals surface area contributed by atoms with Gasteiger partial charge in [0.15, 0.2) is 0 Å². The van der Waals surface area contributed by atoms with Gasteiger partial charge in [-0.25, -0.2) is 4.79 Å². The number of amides is 1. The lowest BCUT2D eigenvalue weighted by Gasteiger charge is -2.12. The predicted molar refractivity (Wildman–Crippen MR) is 67.7 cm³/mol. The van der Waals surface area contributed by atoms with Crippen LogP contribution in [0.4, 0.5) is 0 Å². The minimum Gasteiger partial charge on any atom is -0.480 e. The number of aromatic nitrogens is 2. The minimum atomic E-state index is -1.09. The number of carbonyl (C=O) groups is 2. The quantitative estimate of drug-likeness (QED) is 0.762. The number of nitrogens with one attached hydrogen (secondary N) is 1. The maximum absolute atomic E-state index is 11.9. The molecule has 1 atom stereocenters. The molecule has 18 heavy (non-hydrogen) atoms. The lowest BCUT2D eigenvalue weighted by atomic mass is 10.1. The molecular formula is C11H15N3O3S. The van der Waals surface area contributed by atoms with Crippen molar-refractivity contribution in [2.75, 3.05) is 0 Å². The lowest BCUT2D eigenvalue weighted by Crippen LogP contribution is -2.40. The van der Waals surface area contributed by atoms with E-state index >= 15 is 0 Å². The van der Waals surface area contributed by atoms with E-state index in [0.29, 0.717) is 10.6 Å². The number of carboxylic acids is 1. The first kappa shape index (κ1) is 14.3. The molecule has 0 fully saturated rings. The molecule has 0 spiro atoms. The first-order valence-electron chi connectivity index (χ1n) is 5.44. The van der Waals surface area contributed by atoms with Gasteiger partial charge in [0.25, 0.3) is 5.91 Å². The highest BCUT2D eigenvalue weighted by atomic mass is 32.1. The van der Waals surface area contributed by atoms with E-state index in [1.807, 2.05) is 13.8 Å². The zero-order valence-corrected chi connectivity index (χ0v) is 11.0. The summed E-state index contributed by atoms with van der Waals surface area (Å²) in [6.07, 6.45) is 1.62. The van der Waals surface area contributed by atoms with Gasteiger partial charge in [-0.3, -0.25) is 4.79 Å². The van der Waals surface area contributed by atoms with Crippen LogP contribution in [0, 0.1) is 0 Å². The van der Waals surface area contributed by atoms with Crippen LogP contribution >= 0.6 is 11.5 Å². The zero-order valence-electron chi connectivity index (χ0n) is 10.2. The zero-order chi connectivity index (χ0) is 13.7. The molecule has 2 N–H and O–H groups in total.